The van der Waals surface area contributed by atoms with Gasteiger partial charge in [0.25, 0.3) is 0 Å². The van der Waals surface area contributed by atoms with Crippen LogP contribution >= 0.6 is 0 Å². The van der Waals surface area contributed by atoms with Crippen LogP contribution in [0.3, 0.4) is 0 Å². The second kappa shape index (κ2) is 8.05. The first-order chi connectivity index (χ1) is 13.1. The maximum Gasteiger partial charge on any atom is 0.339 e. The van der Waals surface area contributed by atoms with Gasteiger partial charge in [-0.1, -0.05) is 30.3 Å². The van der Waals surface area contributed by atoms with Gasteiger partial charge >= 0.3 is 6.03 Å². The molecule has 0 saturated heterocycles. The van der Waals surface area contributed by atoms with Gasteiger partial charge in [0.1, 0.15) is 12.3 Å². The number of amides is 3. The van der Waals surface area contributed by atoms with Gasteiger partial charge in [-0.25, -0.2) is 10.2 Å². The lowest BCUT2D eigenvalue weighted by molar-refractivity contribution is -0.118. The molecule has 3 amide bonds. The summed E-state index contributed by atoms with van der Waals surface area (Å²) in [5.41, 5.74) is 9.85. The van der Waals surface area contributed by atoms with Crippen molar-refractivity contribution >= 4 is 34.7 Å². The van der Waals surface area contributed by atoms with E-state index in [1.807, 2.05) is 30.3 Å². The predicted molar refractivity (Wildman–Crippen MR) is 104 cm³/mol. The molecule has 138 valence electrons. The van der Waals surface area contributed by atoms with Crippen LogP contribution in [0.4, 0.5) is 10.5 Å². The summed E-state index contributed by atoms with van der Waals surface area (Å²) in [6.45, 7) is 0.0655. The fourth-order valence-electron chi connectivity index (χ4n) is 2.74. The predicted octanol–water partition coefficient (Wildman–Crippen LogP) is 2.29. The Morgan fingerprint density at radius 1 is 1.19 bits per heavy atom. The van der Waals surface area contributed by atoms with E-state index >= 15 is 0 Å². The van der Waals surface area contributed by atoms with Gasteiger partial charge < -0.3 is 20.4 Å². The molecule has 0 atom stereocenters. The normalized spacial score (nSPS) is 10.9. The van der Waals surface area contributed by atoms with Crippen molar-refractivity contribution in [3.63, 3.8) is 0 Å². The summed E-state index contributed by atoms with van der Waals surface area (Å²) in [7, 11) is 1.53. The molecule has 8 heteroatoms. The Hall–Kier alpha value is -3.81. The molecule has 1 heterocycles. The van der Waals surface area contributed by atoms with Gasteiger partial charge in [0.2, 0.25) is 5.91 Å². The standard InChI is InChI=1S/C19H19N5O3/c1-27-17-9-5-3-7-15(17)22-19(26)23-21-10-13-11-24(12-18(20)25)16-8-4-2-6-14(13)16/h2-11H,12H2,1H3,(H2,20,25)(H2,22,23,26)/b21-10+. The third-order valence-corrected chi connectivity index (χ3v) is 3.87. The molecule has 27 heavy (non-hydrogen) atoms. The number of nitrogens with one attached hydrogen (secondary N) is 2. The first kappa shape index (κ1) is 18.0. The maximum absolute atomic E-state index is 12.0. The third-order valence-electron chi connectivity index (χ3n) is 3.87. The Bertz CT molecular complexity index is 1010. The summed E-state index contributed by atoms with van der Waals surface area (Å²) >= 11 is 0. The number of nitrogens with zero attached hydrogens (tertiary/aromatic N) is 2. The number of nitrogens with two attached hydrogens (primary N) is 1. The van der Waals surface area contributed by atoms with Gasteiger partial charge in [-0.05, 0) is 18.2 Å². The van der Waals surface area contributed by atoms with Crippen LogP contribution in [0, 0.1) is 0 Å². The lowest BCUT2D eigenvalue weighted by Gasteiger charge is -2.08. The van der Waals surface area contributed by atoms with Gasteiger partial charge in [0.15, 0.2) is 0 Å². The molecule has 0 aliphatic carbocycles. The molecule has 0 aliphatic rings. The molecule has 0 aliphatic heterocycles. The van der Waals surface area contributed by atoms with Crippen LogP contribution in [-0.4, -0.2) is 29.8 Å². The second-order valence-corrected chi connectivity index (χ2v) is 5.72. The summed E-state index contributed by atoms with van der Waals surface area (Å²) in [6, 6.07) is 14.1. The van der Waals surface area contributed by atoms with Gasteiger partial charge in [0, 0.05) is 22.7 Å². The Labute approximate surface area is 155 Å². The van der Waals surface area contributed by atoms with Crippen molar-refractivity contribution in [1.82, 2.24) is 9.99 Å². The molecule has 0 saturated carbocycles. The number of carbonyl (C=O) groups excluding carboxylic acids is 2. The van der Waals surface area contributed by atoms with E-state index in [2.05, 4.69) is 15.8 Å². The Morgan fingerprint density at radius 3 is 2.70 bits per heavy atom. The fourth-order valence-corrected chi connectivity index (χ4v) is 2.74. The SMILES string of the molecule is COc1ccccc1NC(=O)N/N=C/c1cn(CC(N)=O)c2ccccc12. The lowest BCUT2D eigenvalue weighted by atomic mass is 10.2. The van der Waals surface area contributed by atoms with Crippen molar-refractivity contribution in [3.05, 3.63) is 60.3 Å². The molecule has 4 N–H and O–H groups in total. The maximum atomic E-state index is 12.0. The molecule has 8 nitrogen and oxygen atoms in total. The highest BCUT2D eigenvalue weighted by atomic mass is 16.5. The minimum absolute atomic E-state index is 0.0655. The van der Waals surface area contributed by atoms with Crippen LogP contribution in [0.1, 0.15) is 5.56 Å². The van der Waals surface area contributed by atoms with Crippen LogP contribution < -0.4 is 21.2 Å². The zero-order chi connectivity index (χ0) is 19.2. The number of carbonyl (C=O) groups is 2. The summed E-state index contributed by atoms with van der Waals surface area (Å²) < 4.78 is 6.93. The number of methoxy groups -OCH3 is 1. The van der Waals surface area contributed by atoms with Gasteiger partial charge in [-0.2, -0.15) is 5.10 Å². The second-order valence-electron chi connectivity index (χ2n) is 5.72. The highest BCUT2D eigenvalue weighted by molar-refractivity contribution is 6.00. The van der Waals surface area contributed by atoms with Crippen LogP contribution in [0.15, 0.2) is 59.8 Å². The molecule has 3 aromatic rings. The van der Waals surface area contributed by atoms with E-state index in [-0.39, 0.29) is 6.54 Å². The van der Waals surface area contributed by atoms with Crippen LogP contribution in [-0.2, 0) is 11.3 Å². The van der Waals surface area contributed by atoms with E-state index in [9.17, 15) is 9.59 Å². The molecule has 0 radical (unpaired) electrons. The summed E-state index contributed by atoms with van der Waals surface area (Å²) in [4.78, 5) is 23.3. The summed E-state index contributed by atoms with van der Waals surface area (Å²) in [6.07, 6.45) is 3.28. The van der Waals surface area contributed by atoms with Crippen molar-refractivity contribution in [1.29, 1.82) is 0 Å². The first-order valence-corrected chi connectivity index (χ1v) is 8.17. The van der Waals surface area contributed by atoms with Crippen molar-refractivity contribution in [2.24, 2.45) is 10.8 Å². The number of para-hydroxylation sites is 3. The number of hydrazone groups is 1. The van der Waals surface area contributed by atoms with Gasteiger partial charge in [0.05, 0.1) is 19.0 Å². The van der Waals surface area contributed by atoms with E-state index in [0.717, 1.165) is 16.5 Å². The van der Waals surface area contributed by atoms with E-state index in [4.69, 9.17) is 10.5 Å². The number of primary amides is 1. The minimum Gasteiger partial charge on any atom is -0.495 e. The Morgan fingerprint density at radius 2 is 1.93 bits per heavy atom. The van der Waals surface area contributed by atoms with Gasteiger partial charge in [-0.15, -0.1) is 0 Å². The number of fused-ring (bicyclic) bond motifs is 1. The molecule has 1 aromatic heterocycles. The number of benzene rings is 2. The molecular weight excluding hydrogens is 346 g/mol. The number of hydrogen-bond donors (Lipinski definition) is 3. The van der Waals surface area contributed by atoms with Gasteiger partial charge in [-0.3, -0.25) is 4.79 Å². The van der Waals surface area contributed by atoms with Crippen molar-refractivity contribution in [3.8, 4) is 5.75 Å². The number of aromatic nitrogens is 1. The lowest BCUT2D eigenvalue weighted by Crippen LogP contribution is -2.24. The van der Waals surface area contributed by atoms with Crippen molar-refractivity contribution in [2.75, 3.05) is 12.4 Å². The fraction of sp³-hybridized carbons (Fsp3) is 0.105. The highest BCUT2D eigenvalue weighted by Crippen LogP contribution is 2.23. The number of urea groups is 1. The third kappa shape index (κ3) is 4.24. The highest BCUT2D eigenvalue weighted by Gasteiger charge is 2.09. The van der Waals surface area contributed by atoms with E-state index in [1.165, 1.54) is 13.3 Å². The molecule has 0 fully saturated rings. The van der Waals surface area contributed by atoms with Crippen LogP contribution in [0.5, 0.6) is 5.75 Å². The Kier molecular flexibility index (Phi) is 5.36. The molecule has 0 unspecified atom stereocenters. The monoisotopic (exact) mass is 365 g/mol. The average molecular weight is 365 g/mol. The largest absolute Gasteiger partial charge is 0.495 e. The summed E-state index contributed by atoms with van der Waals surface area (Å²) in [5, 5.41) is 7.54. The number of hydrogen-bond acceptors (Lipinski definition) is 4. The minimum atomic E-state index is -0.503. The molecule has 2 aromatic carbocycles. The quantitative estimate of drug-likeness (QED) is 0.460. The van der Waals surface area contributed by atoms with E-state index in [1.54, 1.807) is 29.0 Å². The van der Waals surface area contributed by atoms with E-state index in [0.29, 0.717) is 11.4 Å². The molecule has 0 spiro atoms. The molecular formula is C19H19N5O3. The zero-order valence-electron chi connectivity index (χ0n) is 14.7. The smallest absolute Gasteiger partial charge is 0.339 e. The topological polar surface area (TPSA) is 111 Å². The molecule has 0 bridgehead atoms. The van der Waals surface area contributed by atoms with Crippen LogP contribution in [0.25, 0.3) is 10.9 Å². The number of rotatable bonds is 6. The number of ether oxygens (including phenoxy) is 1. The van der Waals surface area contributed by atoms with E-state index < -0.39 is 11.9 Å². The Balaban J connectivity index is 1.73. The van der Waals surface area contributed by atoms with Crippen LogP contribution in [0.2, 0.25) is 0 Å². The molecule has 3 rings (SSSR count). The average Bonchev–Trinajstić information content (AvgIpc) is 2.99. The summed E-state index contributed by atoms with van der Waals surface area (Å²) in [5.74, 6) is 0.111. The van der Waals surface area contributed by atoms with Crippen molar-refractivity contribution in [2.45, 2.75) is 6.54 Å². The number of anilines is 1. The van der Waals surface area contributed by atoms with Crippen molar-refractivity contribution < 1.29 is 14.3 Å². The zero-order valence-corrected chi connectivity index (χ0v) is 14.7. The first-order valence-electron chi connectivity index (χ1n) is 8.17.